The SMILES string of the molecule is C[C@]1(CO)C(=O)OC[C@@H]2C(CO)=CC[C@@H]21. The van der Waals surface area contributed by atoms with Gasteiger partial charge in [-0.3, -0.25) is 4.79 Å². The van der Waals surface area contributed by atoms with Crippen LogP contribution in [0.5, 0.6) is 0 Å². The monoisotopic (exact) mass is 212 g/mol. The van der Waals surface area contributed by atoms with Crippen molar-refractivity contribution in [1.29, 1.82) is 0 Å². The predicted octanol–water partition coefficient (Wildman–Crippen LogP) is 0.0966. The van der Waals surface area contributed by atoms with Gasteiger partial charge in [0, 0.05) is 5.92 Å². The topological polar surface area (TPSA) is 66.8 Å². The largest absolute Gasteiger partial charge is 0.465 e. The third-order valence-corrected chi connectivity index (χ3v) is 3.79. The summed E-state index contributed by atoms with van der Waals surface area (Å²) in [7, 11) is 0. The van der Waals surface area contributed by atoms with Gasteiger partial charge in [0.1, 0.15) is 0 Å². The molecule has 0 bridgehead atoms. The standard InChI is InChI=1S/C11H16O4/c1-11(6-13)9-3-2-7(4-12)8(9)5-15-10(11)14/h2,8-9,12-13H,3-6H2,1H3/t8-,9+,11-/m1/s1. The fourth-order valence-electron chi connectivity index (χ4n) is 2.63. The number of carbonyl (C=O) groups is 1. The smallest absolute Gasteiger partial charge is 0.314 e. The average Bonchev–Trinajstić information content (AvgIpc) is 2.67. The zero-order valence-electron chi connectivity index (χ0n) is 8.77. The van der Waals surface area contributed by atoms with Gasteiger partial charge in [0.05, 0.1) is 25.2 Å². The molecule has 4 nitrogen and oxygen atoms in total. The van der Waals surface area contributed by atoms with E-state index in [0.717, 1.165) is 12.0 Å². The number of ether oxygens (including phenoxy) is 1. The van der Waals surface area contributed by atoms with Crippen LogP contribution in [0.15, 0.2) is 11.6 Å². The minimum atomic E-state index is -0.809. The van der Waals surface area contributed by atoms with E-state index in [2.05, 4.69) is 0 Å². The summed E-state index contributed by atoms with van der Waals surface area (Å²) in [6.45, 7) is 1.89. The normalized spacial score (nSPS) is 39.7. The molecule has 0 spiro atoms. The second-order valence-electron chi connectivity index (χ2n) is 4.56. The van der Waals surface area contributed by atoms with Gasteiger partial charge in [-0.2, -0.15) is 0 Å². The molecule has 0 unspecified atom stereocenters. The molecule has 84 valence electrons. The third kappa shape index (κ3) is 1.40. The van der Waals surface area contributed by atoms with Crippen LogP contribution in [0, 0.1) is 17.3 Å². The molecule has 1 aliphatic heterocycles. The number of rotatable bonds is 2. The molecule has 1 heterocycles. The number of carbonyl (C=O) groups excluding carboxylic acids is 1. The van der Waals surface area contributed by atoms with E-state index in [1.165, 1.54) is 0 Å². The van der Waals surface area contributed by atoms with E-state index >= 15 is 0 Å². The maximum absolute atomic E-state index is 11.6. The highest BCUT2D eigenvalue weighted by Crippen LogP contribution is 2.47. The van der Waals surface area contributed by atoms with Crippen LogP contribution in [-0.2, 0) is 9.53 Å². The second kappa shape index (κ2) is 3.61. The highest BCUT2D eigenvalue weighted by atomic mass is 16.5. The van der Waals surface area contributed by atoms with Crippen LogP contribution in [0.1, 0.15) is 13.3 Å². The lowest BCUT2D eigenvalue weighted by Gasteiger charge is -2.40. The van der Waals surface area contributed by atoms with E-state index < -0.39 is 5.41 Å². The molecule has 2 rings (SSSR count). The van der Waals surface area contributed by atoms with Gasteiger partial charge in [0.2, 0.25) is 0 Å². The first-order valence-electron chi connectivity index (χ1n) is 5.21. The molecule has 15 heavy (non-hydrogen) atoms. The number of hydrogen-bond donors (Lipinski definition) is 2. The predicted molar refractivity (Wildman–Crippen MR) is 52.9 cm³/mol. The first kappa shape index (κ1) is 10.6. The van der Waals surface area contributed by atoms with Crippen LogP contribution >= 0.6 is 0 Å². The summed E-state index contributed by atoms with van der Waals surface area (Å²) in [5, 5.41) is 18.5. The van der Waals surface area contributed by atoms with Gasteiger partial charge in [-0.05, 0) is 24.8 Å². The van der Waals surface area contributed by atoms with Crippen molar-refractivity contribution in [1.82, 2.24) is 0 Å². The van der Waals surface area contributed by atoms with Gasteiger partial charge in [0.25, 0.3) is 0 Å². The molecule has 1 fully saturated rings. The minimum Gasteiger partial charge on any atom is -0.465 e. The van der Waals surface area contributed by atoms with Crippen molar-refractivity contribution >= 4 is 5.97 Å². The van der Waals surface area contributed by atoms with Crippen LogP contribution in [0.25, 0.3) is 0 Å². The summed E-state index contributed by atoms with van der Waals surface area (Å²) in [5.41, 5.74) is 0.128. The quantitative estimate of drug-likeness (QED) is 0.503. The summed E-state index contributed by atoms with van der Waals surface area (Å²) in [6, 6.07) is 0. The van der Waals surface area contributed by atoms with Gasteiger partial charge in [-0.1, -0.05) is 6.08 Å². The molecule has 0 aromatic heterocycles. The average molecular weight is 212 g/mol. The van der Waals surface area contributed by atoms with Gasteiger partial charge >= 0.3 is 5.97 Å². The van der Waals surface area contributed by atoms with Crippen molar-refractivity contribution in [2.75, 3.05) is 19.8 Å². The Hall–Kier alpha value is -0.870. The van der Waals surface area contributed by atoms with E-state index in [1.807, 2.05) is 6.08 Å². The molecular weight excluding hydrogens is 196 g/mol. The molecule has 3 atom stereocenters. The first-order valence-corrected chi connectivity index (χ1v) is 5.21. The van der Waals surface area contributed by atoms with Gasteiger partial charge in [0.15, 0.2) is 0 Å². The lowest BCUT2D eigenvalue weighted by molar-refractivity contribution is -0.174. The molecule has 0 radical (unpaired) electrons. The zero-order chi connectivity index (χ0) is 11.1. The summed E-state index contributed by atoms with van der Waals surface area (Å²) < 4.78 is 5.08. The molecule has 0 amide bonds. The van der Waals surface area contributed by atoms with Crippen molar-refractivity contribution in [3.8, 4) is 0 Å². The molecule has 0 aromatic rings. The lowest BCUT2D eigenvalue weighted by atomic mass is 9.69. The number of fused-ring (bicyclic) bond motifs is 1. The fraction of sp³-hybridized carbons (Fsp3) is 0.727. The van der Waals surface area contributed by atoms with Crippen LogP contribution in [0.3, 0.4) is 0 Å². The van der Waals surface area contributed by atoms with Crippen LogP contribution in [-0.4, -0.2) is 36.0 Å². The highest BCUT2D eigenvalue weighted by Gasteiger charge is 2.51. The molecule has 1 saturated heterocycles. The molecule has 4 heteroatoms. The number of cyclic esters (lactones) is 1. The Balaban J connectivity index is 2.26. The lowest BCUT2D eigenvalue weighted by Crippen LogP contribution is -2.48. The Labute approximate surface area is 88.6 Å². The molecule has 0 aromatic carbocycles. The zero-order valence-corrected chi connectivity index (χ0v) is 8.77. The number of allylic oxidation sites excluding steroid dienone is 1. The van der Waals surface area contributed by atoms with E-state index in [1.54, 1.807) is 6.92 Å². The van der Waals surface area contributed by atoms with Crippen molar-refractivity contribution in [3.05, 3.63) is 11.6 Å². The first-order chi connectivity index (χ1) is 7.13. The van der Waals surface area contributed by atoms with Gasteiger partial charge < -0.3 is 14.9 Å². The summed E-state index contributed by atoms with van der Waals surface area (Å²) in [5.74, 6) is -0.158. The Kier molecular flexibility index (Phi) is 2.56. The maximum atomic E-state index is 11.6. The Morgan fingerprint density at radius 1 is 1.60 bits per heavy atom. The Morgan fingerprint density at radius 2 is 2.33 bits per heavy atom. The van der Waals surface area contributed by atoms with Gasteiger partial charge in [-0.25, -0.2) is 0 Å². The van der Waals surface area contributed by atoms with Crippen molar-refractivity contribution in [3.63, 3.8) is 0 Å². The number of hydrogen-bond acceptors (Lipinski definition) is 4. The van der Waals surface area contributed by atoms with Crippen molar-refractivity contribution < 1.29 is 19.7 Å². The van der Waals surface area contributed by atoms with Crippen LogP contribution in [0.2, 0.25) is 0 Å². The second-order valence-corrected chi connectivity index (χ2v) is 4.56. The maximum Gasteiger partial charge on any atom is 0.314 e. The molecule has 0 saturated carbocycles. The molecule has 2 N–H and O–H groups in total. The Morgan fingerprint density at radius 3 is 2.93 bits per heavy atom. The number of aliphatic hydroxyl groups excluding tert-OH is 2. The van der Waals surface area contributed by atoms with E-state index in [9.17, 15) is 9.90 Å². The van der Waals surface area contributed by atoms with Crippen molar-refractivity contribution in [2.24, 2.45) is 17.3 Å². The summed E-state index contributed by atoms with van der Waals surface area (Å²) in [6.07, 6.45) is 2.71. The van der Waals surface area contributed by atoms with Crippen LogP contribution in [0.4, 0.5) is 0 Å². The highest BCUT2D eigenvalue weighted by molar-refractivity contribution is 5.78. The summed E-state index contributed by atoms with van der Waals surface area (Å²) in [4.78, 5) is 11.6. The Bertz CT molecular complexity index is 310. The molecular formula is C11H16O4. The summed E-state index contributed by atoms with van der Waals surface area (Å²) >= 11 is 0. The fourth-order valence-corrected chi connectivity index (χ4v) is 2.63. The van der Waals surface area contributed by atoms with E-state index in [4.69, 9.17) is 9.84 Å². The minimum absolute atomic E-state index is 0.0141. The molecule has 1 aliphatic carbocycles. The van der Waals surface area contributed by atoms with Gasteiger partial charge in [-0.15, -0.1) is 0 Å². The number of aliphatic hydroxyl groups is 2. The van der Waals surface area contributed by atoms with E-state index in [0.29, 0.717) is 6.61 Å². The van der Waals surface area contributed by atoms with E-state index in [-0.39, 0.29) is 31.0 Å². The number of esters is 1. The van der Waals surface area contributed by atoms with Crippen LogP contribution < -0.4 is 0 Å². The third-order valence-electron chi connectivity index (χ3n) is 3.79. The van der Waals surface area contributed by atoms with Crippen molar-refractivity contribution in [2.45, 2.75) is 13.3 Å². The molecule has 2 aliphatic rings.